The molecular weight excluding hydrogens is 2120 g/mol. The van der Waals surface area contributed by atoms with Crippen molar-refractivity contribution in [1.29, 1.82) is 0 Å². The Morgan fingerprint density at radius 2 is 0.812 bits per heavy atom. The van der Waals surface area contributed by atoms with E-state index in [1.165, 1.54) is 66.7 Å². The van der Waals surface area contributed by atoms with Crippen molar-refractivity contribution in [2.75, 3.05) is 62.4 Å². The number of hydrogen-bond donors (Lipinski definition) is 4. The number of anilines is 2. The third-order valence-corrected chi connectivity index (χ3v) is 32.8. The predicted octanol–water partition coefficient (Wildman–Crippen LogP) is 21.0. The van der Waals surface area contributed by atoms with Crippen LogP contribution in [-0.2, 0) is 64.1 Å². The van der Waals surface area contributed by atoms with E-state index in [9.17, 15) is 26.4 Å². The molecule has 0 saturated carbocycles. The molecule has 788 valence electrons. The second kappa shape index (κ2) is 48.5. The summed E-state index contributed by atoms with van der Waals surface area (Å²) in [4.78, 5) is 46.2. The van der Waals surface area contributed by atoms with E-state index in [-0.39, 0.29) is 68.6 Å². The lowest BCUT2D eigenvalue weighted by Gasteiger charge is -2.34. The van der Waals surface area contributed by atoms with E-state index in [1.54, 1.807) is 21.1 Å². The summed E-state index contributed by atoms with van der Waals surface area (Å²) in [5.74, 6) is 2.49. The number of halogens is 1. The second-order valence-corrected chi connectivity index (χ2v) is 50.9. The highest BCUT2D eigenvalue weighted by Gasteiger charge is 2.52. The van der Waals surface area contributed by atoms with Crippen molar-refractivity contribution >= 4 is 143 Å². The predicted molar refractivity (Wildman–Crippen MR) is 600 cm³/mol. The smallest absolute Gasteiger partial charge is 0.475 e. The number of rotatable bonds is 22. The van der Waals surface area contributed by atoms with Crippen LogP contribution in [0.5, 0.6) is 23.5 Å². The summed E-state index contributed by atoms with van der Waals surface area (Å²) >= 11 is 7.64. The van der Waals surface area contributed by atoms with Gasteiger partial charge in [0.05, 0.1) is 58.3 Å². The van der Waals surface area contributed by atoms with Crippen LogP contribution in [0.15, 0.2) is 179 Å². The normalized spacial score (nSPS) is 17.4. The molecule has 3 atom stereocenters. The number of amides is 2. The van der Waals surface area contributed by atoms with E-state index in [2.05, 4.69) is 156 Å². The first-order chi connectivity index (χ1) is 70.6. The quantitative estimate of drug-likeness (QED) is 0.0362. The highest BCUT2D eigenvalue weighted by Crippen LogP contribution is 2.44. The zero-order valence-electron chi connectivity index (χ0n) is 88.0. The van der Waals surface area contributed by atoms with Gasteiger partial charge >= 0.3 is 19.3 Å². The van der Waals surface area contributed by atoms with Gasteiger partial charge in [0, 0.05) is 130 Å². The molecule has 8 aromatic heterocycles. The van der Waals surface area contributed by atoms with Crippen LogP contribution in [-0.4, -0.2) is 223 Å². The first-order valence-electron chi connectivity index (χ1n) is 50.3. The Bertz CT molecular complexity index is 7130. The standard InChI is InChI=1S/C29H35N5O3S.C24H27N5OS.C20H19N3O3S2.C14H22BNO3.C12H9IN2O2S2.C10H20N2O2/c1-18(2)36-25-10-6-9-24(31-25)22-14-13-19-11-12-20(16-23(19)22)26-32-33-27(38-26)30-21-8-7-15-34(17-21)28(35)37-29(3,4)5;1-15(2)30-22-7-3-6-21(27-22)19-11-10-16-8-9-17(13-20(16)19)23-28-29-24(31-23)26-18-5-4-12-25-14-18;1-12(2)26-18-6-4-5-17(21-18)15-10-9-13-7-8-14(11-16(13)15)19-22-23-20(27-19)28(3,24)25;1-10(2)17-12-9-7-8-11(16-12)15-18-13(3,4)14(5,6)19-15;1-19(16,17)12-15-14-11(18-12)8-3-2-7-4-5-10(13)9(7)6-8;1-10(2,3)14-9(13)12-6-4-5-8(11)7-12/h6,9-12,14,16,18,21H,7-8,13,15,17H2,1-5H3,(H,30,33);3,6-9,11,13,15,18,25H,4-5,10,12,14H2,1-2H3,(H,26,29);4-8,10-12H,9H2,1-3H3;7-10H,1-6H3;2-3,5-6H,4H2,1H3;8H,4-7,11H2,1-3H3. The van der Waals surface area contributed by atoms with Crippen LogP contribution in [0.2, 0.25) is 0 Å². The molecule has 4 aromatic carbocycles. The van der Waals surface area contributed by atoms with Gasteiger partial charge in [-0.2, -0.15) is 0 Å². The number of ether oxygens (including phenoxy) is 6. The van der Waals surface area contributed by atoms with Gasteiger partial charge in [-0.3, -0.25) is 0 Å². The number of nitrogens with zero attached hydrogens (tertiary/aromatic N) is 14. The number of sulfone groups is 2. The van der Waals surface area contributed by atoms with Gasteiger partial charge in [-0.05, 0) is 311 Å². The third-order valence-electron chi connectivity index (χ3n) is 24.7. The summed E-state index contributed by atoms with van der Waals surface area (Å²) < 4.78 is 93.2. The fourth-order valence-electron chi connectivity index (χ4n) is 17.1. The molecule has 4 saturated heterocycles. The third kappa shape index (κ3) is 30.3. The molecule has 12 heterocycles. The molecule has 2 amide bonds. The van der Waals surface area contributed by atoms with Crippen LogP contribution >= 0.6 is 67.9 Å². The number of nitrogens with two attached hydrogens (primary N) is 1. The van der Waals surface area contributed by atoms with E-state index in [4.69, 9.17) is 53.4 Å². The maximum Gasteiger partial charge on any atom is 0.514 e. The fraction of sp³-hybridized carbons (Fsp3) is 0.431. The number of carbonyl (C=O) groups excluding carboxylic acids is 2. The van der Waals surface area contributed by atoms with E-state index >= 15 is 0 Å². The summed E-state index contributed by atoms with van der Waals surface area (Å²) in [6, 6.07) is 49.0. The molecule has 4 fully saturated rings. The topological polar surface area (TPSA) is 400 Å². The number of fused-ring (bicyclic) bond motifs is 4. The minimum Gasteiger partial charge on any atom is -0.475 e. The summed E-state index contributed by atoms with van der Waals surface area (Å²) in [6.07, 6.45) is 20.7. The van der Waals surface area contributed by atoms with Gasteiger partial charge < -0.3 is 69.2 Å². The van der Waals surface area contributed by atoms with Crippen molar-refractivity contribution in [3.63, 3.8) is 0 Å². The Morgan fingerprint density at radius 3 is 1.19 bits per heavy atom. The Morgan fingerprint density at radius 1 is 0.456 bits per heavy atom. The minimum absolute atomic E-state index is 0.0268. The molecular formula is C109H132BIN18O14S6. The highest BCUT2D eigenvalue weighted by molar-refractivity contribution is 14.1. The van der Waals surface area contributed by atoms with Crippen LogP contribution in [0.3, 0.4) is 0 Å². The lowest BCUT2D eigenvalue weighted by Crippen LogP contribution is -2.47. The first-order valence-corrected chi connectivity index (χ1v) is 58.4. The number of allylic oxidation sites excluding steroid dienone is 4. The molecule has 4 aliphatic carbocycles. The van der Waals surface area contributed by atoms with Gasteiger partial charge in [0.25, 0.3) is 0 Å². The molecule has 149 heavy (non-hydrogen) atoms. The molecule has 0 radical (unpaired) electrons. The molecule has 3 unspecified atom stereocenters. The van der Waals surface area contributed by atoms with Gasteiger partial charge in [-0.25, -0.2) is 46.4 Å². The monoisotopic (exact) mass is 2250 g/mol. The Labute approximate surface area is 903 Å². The average Bonchev–Trinajstić information content (AvgIpc) is 1.64. The van der Waals surface area contributed by atoms with Crippen LogP contribution in [0, 0.1) is 0 Å². The van der Waals surface area contributed by atoms with Gasteiger partial charge in [0.1, 0.15) is 31.2 Å². The minimum atomic E-state index is -3.36. The van der Waals surface area contributed by atoms with Crippen molar-refractivity contribution in [2.24, 2.45) is 5.73 Å². The van der Waals surface area contributed by atoms with Gasteiger partial charge in [-0.1, -0.05) is 142 Å². The molecule has 5 N–H and O–H groups in total. The van der Waals surface area contributed by atoms with Crippen molar-refractivity contribution in [3.8, 4) is 65.8 Å². The number of pyridine rings is 4. The first kappa shape index (κ1) is 112. The lowest BCUT2D eigenvalue weighted by atomic mass is 9.84. The highest BCUT2D eigenvalue weighted by atomic mass is 127. The number of hydrogen-bond acceptors (Lipinski definition) is 34. The Kier molecular flexibility index (Phi) is 36.3. The number of carbonyl (C=O) groups is 2. The number of piperidine rings is 3. The van der Waals surface area contributed by atoms with E-state index in [0.717, 1.165) is 194 Å². The fourth-order valence-corrected chi connectivity index (χ4v) is 22.7. The Balaban J connectivity index is 0.000000138. The van der Waals surface area contributed by atoms with Crippen molar-refractivity contribution in [3.05, 3.63) is 231 Å². The summed E-state index contributed by atoms with van der Waals surface area (Å²) in [5.41, 5.74) is 24.5. The van der Waals surface area contributed by atoms with Crippen molar-refractivity contribution in [2.45, 2.75) is 262 Å². The van der Waals surface area contributed by atoms with Gasteiger partial charge in [-0.15, -0.1) is 40.8 Å². The molecule has 0 spiro atoms. The van der Waals surface area contributed by atoms with Crippen molar-refractivity contribution < 1.29 is 64.2 Å². The largest absolute Gasteiger partial charge is 0.514 e. The molecule has 0 bridgehead atoms. The number of likely N-dealkylation sites (tertiary alicyclic amines) is 2. The molecule has 4 aliphatic heterocycles. The van der Waals surface area contributed by atoms with E-state index < -0.39 is 38.0 Å². The molecule has 8 aliphatic rings. The molecule has 32 nitrogen and oxygen atoms in total. The van der Waals surface area contributed by atoms with Gasteiger partial charge in [0.2, 0.25) is 62.1 Å². The van der Waals surface area contributed by atoms with E-state index in [1.807, 2.05) is 228 Å². The summed E-state index contributed by atoms with van der Waals surface area (Å²) in [5, 5.41) is 48.4. The molecule has 20 rings (SSSR count). The SMILES string of the molecule is CC(C)(C)OC(=O)N1CCCC(N)C1.CC(C)Oc1cccc(B2OC(C)(C)C(C)(C)O2)n1.CC(C)Oc1cccc(C2=CCc3ccc(-c4nnc(NC5CCCN(C(=O)OC(C)(C)C)C5)s4)cc32)n1.CC(C)Oc1cccc(C2=CCc3ccc(-c4nnc(NC5CCCNC5)s4)cc32)n1.CC(C)Oc1cccc(C2=CCc3ccc(-c4nnc(S(C)(=O)=O)s4)cc32)n1.CS(=O)(=O)c1nnc(-c2ccc3c(c2)C(I)=CC3)s1. The van der Waals surface area contributed by atoms with Crippen molar-refractivity contribution in [1.82, 2.24) is 75.8 Å². The molecule has 12 aromatic rings. The second-order valence-electron chi connectivity index (χ2n) is 41.5. The average molecular weight is 2250 g/mol. The van der Waals surface area contributed by atoms with Crippen LogP contribution in [0.25, 0.3) is 62.6 Å². The number of benzene rings is 4. The lowest BCUT2D eigenvalue weighted by molar-refractivity contribution is 0.00578. The summed E-state index contributed by atoms with van der Waals surface area (Å²) in [6.45, 7) is 40.1. The maximum absolute atomic E-state index is 12.5. The zero-order chi connectivity index (χ0) is 107. The number of nitrogens with one attached hydrogen (secondary N) is 3. The molecule has 40 heteroatoms. The van der Waals surface area contributed by atoms with Gasteiger partial charge in [0.15, 0.2) is 0 Å². The number of aromatic nitrogens is 12. The van der Waals surface area contributed by atoms with E-state index in [0.29, 0.717) is 59.2 Å². The Hall–Kier alpha value is -11.4. The zero-order valence-corrected chi connectivity index (χ0v) is 95.0. The van der Waals surface area contributed by atoms with Crippen LogP contribution in [0.1, 0.15) is 225 Å². The summed E-state index contributed by atoms with van der Waals surface area (Å²) in [7, 11) is -7.08. The maximum atomic E-state index is 12.5. The van der Waals surface area contributed by atoms with Crippen LogP contribution < -0.4 is 46.2 Å². The van der Waals surface area contributed by atoms with Crippen LogP contribution in [0.4, 0.5) is 19.9 Å².